The molecule has 1 amide bonds. The highest BCUT2D eigenvalue weighted by molar-refractivity contribution is 5.79. The van der Waals surface area contributed by atoms with Gasteiger partial charge in [0.1, 0.15) is 5.82 Å². The quantitative estimate of drug-likeness (QED) is 0.795. The minimum atomic E-state index is -0.00667. The number of amides is 1. The summed E-state index contributed by atoms with van der Waals surface area (Å²) in [6.07, 6.45) is 2.06. The molecular formula is C13H20N4O. The van der Waals surface area contributed by atoms with E-state index < -0.39 is 0 Å². The van der Waals surface area contributed by atoms with Crippen LogP contribution in [0, 0.1) is 0 Å². The molecule has 1 aromatic rings. The van der Waals surface area contributed by atoms with Crippen molar-refractivity contribution in [1.29, 1.82) is 0 Å². The van der Waals surface area contributed by atoms with E-state index in [1.54, 1.807) is 12.3 Å². The third-order valence-electron chi connectivity index (χ3n) is 3.13. The summed E-state index contributed by atoms with van der Waals surface area (Å²) in [6, 6.07) is 3.58. The van der Waals surface area contributed by atoms with Gasteiger partial charge >= 0.3 is 0 Å². The Morgan fingerprint density at radius 2 is 2.33 bits per heavy atom. The Morgan fingerprint density at radius 1 is 1.56 bits per heavy atom. The fourth-order valence-corrected chi connectivity index (χ4v) is 2.18. The minimum Gasteiger partial charge on any atom is -0.384 e. The highest BCUT2D eigenvalue weighted by Gasteiger charge is 2.28. The largest absolute Gasteiger partial charge is 0.384 e. The van der Waals surface area contributed by atoms with Gasteiger partial charge in [-0.25, -0.2) is 4.98 Å². The van der Waals surface area contributed by atoms with Gasteiger partial charge in [0.05, 0.1) is 6.42 Å². The first-order valence-electron chi connectivity index (χ1n) is 6.19. The lowest BCUT2D eigenvalue weighted by Gasteiger charge is -2.39. The van der Waals surface area contributed by atoms with Crippen molar-refractivity contribution in [1.82, 2.24) is 15.2 Å². The van der Waals surface area contributed by atoms with Crippen LogP contribution in [0.25, 0.3) is 0 Å². The van der Waals surface area contributed by atoms with E-state index in [2.05, 4.69) is 24.1 Å². The van der Waals surface area contributed by atoms with Gasteiger partial charge in [0, 0.05) is 31.4 Å². The van der Waals surface area contributed by atoms with Crippen molar-refractivity contribution in [3.63, 3.8) is 0 Å². The Hall–Kier alpha value is -1.62. The average molecular weight is 248 g/mol. The smallest absolute Gasteiger partial charge is 0.227 e. The SMILES string of the molecule is CC1(C)CN(C(=O)Cc2ccc(N)nc2)CCN1. The molecule has 98 valence electrons. The van der Waals surface area contributed by atoms with Crippen LogP contribution in [0.15, 0.2) is 18.3 Å². The Morgan fingerprint density at radius 3 is 2.94 bits per heavy atom. The van der Waals surface area contributed by atoms with Gasteiger partial charge in [-0.1, -0.05) is 6.07 Å². The minimum absolute atomic E-state index is 0.00667. The zero-order valence-electron chi connectivity index (χ0n) is 10.9. The molecule has 5 heteroatoms. The van der Waals surface area contributed by atoms with Gasteiger partial charge in [-0.3, -0.25) is 4.79 Å². The molecule has 2 heterocycles. The van der Waals surface area contributed by atoms with Crippen molar-refractivity contribution in [2.45, 2.75) is 25.8 Å². The van der Waals surface area contributed by atoms with Crippen molar-refractivity contribution in [3.8, 4) is 0 Å². The molecule has 0 spiro atoms. The maximum absolute atomic E-state index is 12.2. The topological polar surface area (TPSA) is 71.2 Å². The number of nitrogens with two attached hydrogens (primary N) is 1. The maximum Gasteiger partial charge on any atom is 0.227 e. The van der Waals surface area contributed by atoms with Crippen LogP contribution in [0.1, 0.15) is 19.4 Å². The molecule has 0 aliphatic carbocycles. The number of hydrogen-bond donors (Lipinski definition) is 2. The molecule has 2 rings (SSSR count). The molecule has 0 saturated carbocycles. The maximum atomic E-state index is 12.2. The van der Waals surface area contributed by atoms with Crippen molar-refractivity contribution < 1.29 is 4.79 Å². The van der Waals surface area contributed by atoms with Gasteiger partial charge < -0.3 is 16.0 Å². The van der Waals surface area contributed by atoms with Crippen LogP contribution in [-0.4, -0.2) is 41.0 Å². The standard InChI is InChI=1S/C13H20N4O/c1-13(2)9-17(6-5-16-13)12(18)7-10-3-4-11(14)15-8-10/h3-4,8,16H,5-7,9H2,1-2H3,(H2,14,15). The van der Waals surface area contributed by atoms with Gasteiger partial charge in [-0.15, -0.1) is 0 Å². The number of carbonyl (C=O) groups is 1. The van der Waals surface area contributed by atoms with Crippen LogP contribution in [-0.2, 0) is 11.2 Å². The number of rotatable bonds is 2. The van der Waals surface area contributed by atoms with Gasteiger partial charge in [0.25, 0.3) is 0 Å². The Labute approximate surface area is 107 Å². The molecule has 1 saturated heterocycles. The number of nitrogen functional groups attached to an aromatic ring is 1. The van der Waals surface area contributed by atoms with Gasteiger partial charge in [0.2, 0.25) is 5.91 Å². The molecule has 5 nitrogen and oxygen atoms in total. The van der Waals surface area contributed by atoms with Crippen LogP contribution in [0.3, 0.4) is 0 Å². The molecular weight excluding hydrogens is 228 g/mol. The lowest BCUT2D eigenvalue weighted by molar-refractivity contribution is -0.132. The molecule has 0 bridgehead atoms. The highest BCUT2D eigenvalue weighted by atomic mass is 16.2. The van der Waals surface area contributed by atoms with E-state index in [0.717, 1.165) is 25.2 Å². The molecule has 1 aliphatic rings. The molecule has 0 radical (unpaired) electrons. The van der Waals surface area contributed by atoms with Crippen molar-refractivity contribution in [3.05, 3.63) is 23.9 Å². The fourth-order valence-electron chi connectivity index (χ4n) is 2.18. The third kappa shape index (κ3) is 3.20. The summed E-state index contributed by atoms with van der Waals surface area (Å²) in [4.78, 5) is 18.1. The summed E-state index contributed by atoms with van der Waals surface area (Å²) in [5, 5.41) is 3.39. The molecule has 1 fully saturated rings. The van der Waals surface area contributed by atoms with E-state index in [9.17, 15) is 4.79 Å². The monoisotopic (exact) mass is 248 g/mol. The predicted octanol–water partition coefficient (Wildman–Crippen LogP) is 0.417. The van der Waals surface area contributed by atoms with Crippen LogP contribution >= 0.6 is 0 Å². The van der Waals surface area contributed by atoms with E-state index in [4.69, 9.17) is 5.73 Å². The molecule has 0 unspecified atom stereocenters. The summed E-state index contributed by atoms with van der Waals surface area (Å²) in [6.45, 7) is 6.58. The molecule has 1 aromatic heterocycles. The van der Waals surface area contributed by atoms with E-state index in [1.165, 1.54) is 0 Å². The summed E-state index contributed by atoms with van der Waals surface area (Å²) >= 11 is 0. The number of piperazine rings is 1. The fraction of sp³-hybridized carbons (Fsp3) is 0.538. The second-order valence-corrected chi connectivity index (χ2v) is 5.39. The number of nitrogens with zero attached hydrogens (tertiary/aromatic N) is 2. The van der Waals surface area contributed by atoms with Crippen LogP contribution < -0.4 is 11.1 Å². The van der Waals surface area contributed by atoms with E-state index in [1.807, 2.05) is 11.0 Å². The van der Waals surface area contributed by atoms with Gasteiger partial charge in [-0.2, -0.15) is 0 Å². The first-order chi connectivity index (χ1) is 8.46. The third-order valence-corrected chi connectivity index (χ3v) is 3.13. The number of aromatic nitrogens is 1. The lowest BCUT2D eigenvalue weighted by atomic mass is 10.0. The number of carbonyl (C=O) groups excluding carboxylic acids is 1. The summed E-state index contributed by atoms with van der Waals surface area (Å²) < 4.78 is 0. The second-order valence-electron chi connectivity index (χ2n) is 5.39. The molecule has 0 atom stereocenters. The van der Waals surface area contributed by atoms with E-state index >= 15 is 0 Å². The molecule has 18 heavy (non-hydrogen) atoms. The zero-order chi connectivity index (χ0) is 13.2. The Bertz CT molecular complexity index is 427. The first-order valence-corrected chi connectivity index (χ1v) is 6.19. The van der Waals surface area contributed by atoms with Crippen LogP contribution in [0.4, 0.5) is 5.82 Å². The average Bonchev–Trinajstić information content (AvgIpc) is 2.31. The first kappa shape index (κ1) is 12.8. The van der Waals surface area contributed by atoms with E-state index in [0.29, 0.717) is 12.2 Å². The number of pyridine rings is 1. The van der Waals surface area contributed by atoms with Gasteiger partial charge in [-0.05, 0) is 25.5 Å². The van der Waals surface area contributed by atoms with Gasteiger partial charge in [0.15, 0.2) is 0 Å². The number of anilines is 1. The van der Waals surface area contributed by atoms with Crippen molar-refractivity contribution in [2.75, 3.05) is 25.4 Å². The summed E-state index contributed by atoms with van der Waals surface area (Å²) in [7, 11) is 0. The lowest BCUT2D eigenvalue weighted by Crippen LogP contribution is -2.58. The van der Waals surface area contributed by atoms with Crippen molar-refractivity contribution >= 4 is 11.7 Å². The number of nitrogens with one attached hydrogen (secondary N) is 1. The zero-order valence-corrected chi connectivity index (χ0v) is 10.9. The normalized spacial score (nSPS) is 18.7. The highest BCUT2D eigenvalue weighted by Crippen LogP contribution is 2.12. The number of hydrogen-bond acceptors (Lipinski definition) is 4. The molecule has 3 N–H and O–H groups in total. The van der Waals surface area contributed by atoms with Crippen LogP contribution in [0.2, 0.25) is 0 Å². The van der Waals surface area contributed by atoms with E-state index in [-0.39, 0.29) is 11.4 Å². The predicted molar refractivity (Wildman–Crippen MR) is 71.0 cm³/mol. The second kappa shape index (κ2) is 4.94. The summed E-state index contributed by atoms with van der Waals surface area (Å²) in [5.41, 5.74) is 6.42. The van der Waals surface area contributed by atoms with Crippen molar-refractivity contribution in [2.24, 2.45) is 0 Å². The molecule has 1 aliphatic heterocycles. The Balaban J connectivity index is 1.97. The summed E-state index contributed by atoms with van der Waals surface area (Å²) in [5.74, 6) is 0.630. The Kier molecular flexibility index (Phi) is 3.52. The molecule has 0 aromatic carbocycles. The van der Waals surface area contributed by atoms with Crippen LogP contribution in [0.5, 0.6) is 0 Å².